The van der Waals surface area contributed by atoms with Crippen LogP contribution in [0.25, 0.3) is 11.3 Å². The van der Waals surface area contributed by atoms with Gasteiger partial charge in [-0.2, -0.15) is 0 Å². The zero-order chi connectivity index (χ0) is 21.5. The largest absolute Gasteiger partial charge is 0.493 e. The van der Waals surface area contributed by atoms with Crippen LogP contribution in [0, 0.1) is 0 Å². The molecule has 0 aliphatic carbocycles. The van der Waals surface area contributed by atoms with Gasteiger partial charge in [0.2, 0.25) is 0 Å². The first kappa shape index (κ1) is 20.9. The van der Waals surface area contributed by atoms with Crippen molar-refractivity contribution in [3.63, 3.8) is 0 Å². The van der Waals surface area contributed by atoms with E-state index < -0.39 is 6.03 Å². The molecule has 1 fully saturated rings. The molecule has 3 aromatic rings. The fraction of sp³-hybridized carbons (Fsp3) is 0.304. The Balaban J connectivity index is 1.28. The van der Waals surface area contributed by atoms with Crippen LogP contribution < -0.4 is 10.1 Å². The molecule has 0 bridgehead atoms. The van der Waals surface area contributed by atoms with Crippen molar-refractivity contribution in [3.8, 4) is 17.0 Å². The Bertz CT molecular complexity index is 970. The lowest BCUT2D eigenvalue weighted by Gasteiger charge is -2.29. The molecular weight excluding hydrogens is 396 g/mol. The minimum Gasteiger partial charge on any atom is -0.493 e. The van der Waals surface area contributed by atoms with Gasteiger partial charge in [0, 0.05) is 37.1 Å². The third-order valence-electron chi connectivity index (χ3n) is 5.26. The van der Waals surface area contributed by atoms with Crippen molar-refractivity contribution in [2.75, 3.05) is 25.1 Å². The van der Waals surface area contributed by atoms with Gasteiger partial charge in [-0.15, -0.1) is 0 Å². The highest BCUT2D eigenvalue weighted by Gasteiger charge is 2.24. The maximum absolute atomic E-state index is 12.3. The number of nitrogens with zero attached hydrogens (tertiary/aromatic N) is 2. The molecule has 8 nitrogen and oxygen atoms in total. The Morgan fingerprint density at radius 1 is 1.19 bits per heavy atom. The van der Waals surface area contributed by atoms with E-state index >= 15 is 0 Å². The number of ether oxygens (including phenoxy) is 2. The molecule has 162 valence electrons. The van der Waals surface area contributed by atoms with Crippen molar-refractivity contribution in [3.05, 3.63) is 66.6 Å². The van der Waals surface area contributed by atoms with Crippen molar-refractivity contribution >= 4 is 11.7 Å². The van der Waals surface area contributed by atoms with E-state index in [2.05, 4.69) is 15.3 Å². The molecule has 0 unspecified atom stereocenters. The fourth-order valence-corrected chi connectivity index (χ4v) is 3.52. The highest BCUT2D eigenvalue weighted by molar-refractivity contribution is 5.88. The van der Waals surface area contributed by atoms with Crippen LogP contribution in [0.3, 0.4) is 0 Å². The number of hydroxylamine groups is 2. The number of rotatable bonds is 7. The highest BCUT2D eigenvalue weighted by Crippen LogP contribution is 2.28. The van der Waals surface area contributed by atoms with E-state index in [1.165, 1.54) is 0 Å². The molecular formula is C23H26N4O4. The van der Waals surface area contributed by atoms with Gasteiger partial charge in [0.05, 0.1) is 24.7 Å². The number of benzene rings is 2. The standard InChI is InChI=1S/C23H26N4O4/c28-23(27(29)19-10-12-30-13-11-19)26-18-7-5-17(6-8-18)9-14-31-22-4-2-1-3-20(22)21-15-24-16-25-21/h1-8,15-16,19,29H,9-14H2,(H,24,25)(H,26,28). The minimum atomic E-state index is -0.530. The summed E-state index contributed by atoms with van der Waals surface area (Å²) in [6, 6.07) is 14.6. The monoisotopic (exact) mass is 422 g/mol. The predicted octanol–water partition coefficient (Wildman–Crippen LogP) is 4.10. The Morgan fingerprint density at radius 3 is 2.71 bits per heavy atom. The Morgan fingerprint density at radius 2 is 1.97 bits per heavy atom. The second-order valence-electron chi connectivity index (χ2n) is 7.36. The van der Waals surface area contributed by atoms with Crippen LogP contribution in [0.5, 0.6) is 5.75 Å². The van der Waals surface area contributed by atoms with Crippen molar-refractivity contribution in [2.45, 2.75) is 25.3 Å². The predicted molar refractivity (Wildman–Crippen MR) is 116 cm³/mol. The summed E-state index contributed by atoms with van der Waals surface area (Å²) in [6.07, 6.45) is 5.46. The van der Waals surface area contributed by atoms with Crippen LogP contribution in [0.1, 0.15) is 18.4 Å². The summed E-state index contributed by atoms with van der Waals surface area (Å²) in [4.78, 5) is 19.5. The maximum atomic E-state index is 12.3. The average Bonchev–Trinajstić information content (AvgIpc) is 3.35. The number of carbonyl (C=O) groups is 1. The third kappa shape index (κ3) is 5.42. The average molecular weight is 422 g/mol. The van der Waals surface area contributed by atoms with Gasteiger partial charge < -0.3 is 19.8 Å². The SMILES string of the molecule is O=C(Nc1ccc(CCOc2ccccc2-c2c[nH]cn2)cc1)N(O)C1CCOCC1. The summed E-state index contributed by atoms with van der Waals surface area (Å²) < 4.78 is 11.2. The number of urea groups is 1. The molecule has 0 saturated carbocycles. The molecule has 1 aliphatic rings. The molecule has 0 radical (unpaired) electrons. The number of nitrogens with one attached hydrogen (secondary N) is 2. The zero-order valence-corrected chi connectivity index (χ0v) is 17.2. The first-order valence-corrected chi connectivity index (χ1v) is 10.4. The van der Waals surface area contributed by atoms with Gasteiger partial charge in [-0.3, -0.25) is 5.21 Å². The van der Waals surface area contributed by atoms with E-state index in [-0.39, 0.29) is 6.04 Å². The van der Waals surface area contributed by atoms with E-state index in [1.54, 1.807) is 6.33 Å². The highest BCUT2D eigenvalue weighted by atomic mass is 16.5. The molecule has 1 aromatic heterocycles. The fourth-order valence-electron chi connectivity index (χ4n) is 3.52. The maximum Gasteiger partial charge on any atom is 0.345 e. The third-order valence-corrected chi connectivity index (χ3v) is 5.26. The smallest absolute Gasteiger partial charge is 0.345 e. The van der Waals surface area contributed by atoms with Gasteiger partial charge in [-0.05, 0) is 42.7 Å². The minimum absolute atomic E-state index is 0.213. The van der Waals surface area contributed by atoms with Crippen molar-refractivity contribution in [1.82, 2.24) is 15.0 Å². The lowest BCUT2D eigenvalue weighted by atomic mass is 10.1. The molecule has 1 aliphatic heterocycles. The van der Waals surface area contributed by atoms with Crippen LogP contribution in [0.2, 0.25) is 0 Å². The number of para-hydroxylation sites is 1. The van der Waals surface area contributed by atoms with E-state index in [0.717, 1.165) is 34.1 Å². The van der Waals surface area contributed by atoms with Gasteiger partial charge >= 0.3 is 6.03 Å². The van der Waals surface area contributed by atoms with Gasteiger partial charge in [0.15, 0.2) is 0 Å². The Kier molecular flexibility index (Phi) is 6.81. The molecule has 4 rings (SSSR count). The number of H-pyrrole nitrogens is 1. The van der Waals surface area contributed by atoms with Crippen LogP contribution >= 0.6 is 0 Å². The van der Waals surface area contributed by atoms with Gasteiger partial charge in [0.25, 0.3) is 0 Å². The van der Waals surface area contributed by atoms with Crippen LogP contribution in [-0.2, 0) is 11.2 Å². The van der Waals surface area contributed by atoms with Gasteiger partial charge in [-0.25, -0.2) is 14.8 Å². The second kappa shape index (κ2) is 10.1. The summed E-state index contributed by atoms with van der Waals surface area (Å²) in [7, 11) is 0. The summed E-state index contributed by atoms with van der Waals surface area (Å²) in [6.45, 7) is 1.62. The van der Waals surface area contributed by atoms with Crippen molar-refractivity contribution in [1.29, 1.82) is 0 Å². The lowest BCUT2D eigenvalue weighted by Crippen LogP contribution is -2.43. The number of anilines is 1. The van der Waals surface area contributed by atoms with E-state index in [4.69, 9.17) is 9.47 Å². The Labute approximate surface area is 180 Å². The number of aromatic nitrogens is 2. The molecule has 0 spiro atoms. The molecule has 31 heavy (non-hydrogen) atoms. The quantitative estimate of drug-likeness (QED) is 0.393. The zero-order valence-electron chi connectivity index (χ0n) is 17.2. The van der Waals surface area contributed by atoms with Crippen molar-refractivity contribution < 1.29 is 19.5 Å². The van der Waals surface area contributed by atoms with Crippen LogP contribution in [0.4, 0.5) is 10.5 Å². The van der Waals surface area contributed by atoms with Gasteiger partial charge in [0.1, 0.15) is 5.75 Å². The first-order chi connectivity index (χ1) is 15.2. The van der Waals surface area contributed by atoms with E-state index in [9.17, 15) is 10.0 Å². The number of carbonyl (C=O) groups excluding carboxylic acids is 1. The Hall–Kier alpha value is -3.36. The summed E-state index contributed by atoms with van der Waals surface area (Å²) in [5.41, 5.74) is 3.50. The molecule has 3 N–H and O–H groups in total. The molecule has 2 aromatic carbocycles. The van der Waals surface area contributed by atoms with Crippen LogP contribution in [-0.4, -0.2) is 52.1 Å². The summed E-state index contributed by atoms with van der Waals surface area (Å²) >= 11 is 0. The van der Waals surface area contributed by atoms with Crippen LogP contribution in [0.15, 0.2) is 61.1 Å². The summed E-state index contributed by atoms with van der Waals surface area (Å²) in [5, 5.41) is 13.6. The number of amides is 2. The molecule has 8 heteroatoms. The van der Waals surface area contributed by atoms with Crippen molar-refractivity contribution in [2.24, 2.45) is 0 Å². The number of hydrogen-bond donors (Lipinski definition) is 3. The topological polar surface area (TPSA) is 99.7 Å². The van der Waals surface area contributed by atoms with Gasteiger partial charge in [-0.1, -0.05) is 24.3 Å². The first-order valence-electron chi connectivity index (χ1n) is 10.4. The normalized spacial score (nSPS) is 14.2. The van der Waals surface area contributed by atoms with E-state index in [1.807, 2.05) is 54.7 Å². The second-order valence-corrected chi connectivity index (χ2v) is 7.36. The van der Waals surface area contributed by atoms with E-state index in [0.29, 0.717) is 38.3 Å². The summed E-state index contributed by atoms with van der Waals surface area (Å²) in [5.74, 6) is 0.787. The molecule has 2 heterocycles. The lowest BCUT2D eigenvalue weighted by molar-refractivity contribution is -0.101. The molecule has 1 saturated heterocycles. The molecule has 2 amide bonds. The number of imidazole rings is 1. The molecule has 0 atom stereocenters. The number of aromatic amines is 1. The number of hydrogen-bond acceptors (Lipinski definition) is 5.